The normalized spacial score (nSPS) is 22.2. The van der Waals surface area contributed by atoms with Gasteiger partial charge < -0.3 is 14.8 Å². The molecule has 0 bridgehead atoms. The molecule has 3 atom stereocenters. The number of aromatic nitrogens is 2. The highest BCUT2D eigenvalue weighted by Gasteiger charge is 2.59. The number of rotatable bonds is 5. The van der Waals surface area contributed by atoms with Gasteiger partial charge in [-0.05, 0) is 49.7 Å². The van der Waals surface area contributed by atoms with E-state index in [1.165, 1.54) is 0 Å². The molecule has 3 aromatic rings. The number of carbonyl (C=O) groups is 2. The van der Waals surface area contributed by atoms with Crippen molar-refractivity contribution in [2.45, 2.75) is 38.2 Å². The Balaban J connectivity index is 1.20. The van der Waals surface area contributed by atoms with Crippen molar-refractivity contribution in [3.05, 3.63) is 71.2 Å². The lowest BCUT2D eigenvalue weighted by Crippen LogP contribution is -2.20. The van der Waals surface area contributed by atoms with E-state index in [0.717, 1.165) is 22.6 Å². The lowest BCUT2D eigenvalue weighted by molar-refractivity contribution is -0.116. The first-order chi connectivity index (χ1) is 15.6. The fraction of sp³-hybridized carbons (Fsp3) is 0.280. The topological polar surface area (TPSA) is 90.4 Å². The molecule has 160 valence electrons. The Morgan fingerprint density at radius 2 is 2.12 bits per heavy atom. The second-order valence-corrected chi connectivity index (χ2v) is 8.55. The smallest absolute Gasteiger partial charge is 0.225 e. The van der Waals surface area contributed by atoms with Crippen LogP contribution in [0.3, 0.4) is 0 Å². The minimum atomic E-state index is -0.0296. The van der Waals surface area contributed by atoms with Crippen LogP contribution in [0.25, 0.3) is 0 Å². The van der Waals surface area contributed by atoms with Crippen LogP contribution in [0.2, 0.25) is 0 Å². The fourth-order valence-electron chi connectivity index (χ4n) is 4.75. The largest absolute Gasteiger partial charge is 0.489 e. The summed E-state index contributed by atoms with van der Waals surface area (Å²) in [7, 11) is 0. The third-order valence-electron chi connectivity index (χ3n) is 6.40. The zero-order valence-corrected chi connectivity index (χ0v) is 17.5. The monoisotopic (exact) mass is 427 g/mol. The highest BCUT2D eigenvalue weighted by molar-refractivity contribution is 5.95. The van der Waals surface area contributed by atoms with Gasteiger partial charge in [0.05, 0.1) is 0 Å². The molecule has 0 spiro atoms. The summed E-state index contributed by atoms with van der Waals surface area (Å²) >= 11 is 0. The number of Topliss-reactive ketones (excluding diaryl/α,β-unsaturated/α-hetero) is 1. The third kappa shape index (κ3) is 3.21. The van der Waals surface area contributed by atoms with E-state index < -0.39 is 0 Å². The number of amides is 1. The number of aryl methyl sites for hydroxylation is 1. The molecule has 0 unspecified atom stereocenters. The van der Waals surface area contributed by atoms with Gasteiger partial charge in [0.25, 0.3) is 0 Å². The van der Waals surface area contributed by atoms with Gasteiger partial charge >= 0.3 is 0 Å². The van der Waals surface area contributed by atoms with Gasteiger partial charge in [0.2, 0.25) is 5.91 Å². The van der Waals surface area contributed by atoms with E-state index in [4.69, 9.17) is 9.47 Å². The predicted octanol–water partition coefficient (Wildman–Crippen LogP) is 4.21. The highest BCUT2D eigenvalue weighted by Crippen LogP contribution is 2.60. The van der Waals surface area contributed by atoms with E-state index in [0.29, 0.717) is 42.3 Å². The minimum absolute atomic E-state index is 0.0296. The van der Waals surface area contributed by atoms with Gasteiger partial charge in [0.15, 0.2) is 5.78 Å². The number of hydrogen-bond acceptors (Lipinski definition) is 6. The summed E-state index contributed by atoms with van der Waals surface area (Å²) in [6.07, 6.45) is 3.11. The summed E-state index contributed by atoms with van der Waals surface area (Å²) in [5.41, 5.74) is 3.34. The summed E-state index contributed by atoms with van der Waals surface area (Å²) in [5.74, 6) is 3.20. The number of nitrogens with zero attached hydrogens (tertiary/aromatic N) is 2. The highest BCUT2D eigenvalue weighted by atomic mass is 16.5. The van der Waals surface area contributed by atoms with E-state index in [9.17, 15) is 9.59 Å². The molecule has 2 aliphatic heterocycles. The Kier molecular flexibility index (Phi) is 4.24. The molecule has 2 aromatic heterocycles. The average Bonchev–Trinajstić information content (AvgIpc) is 3.30. The van der Waals surface area contributed by atoms with E-state index in [1.54, 1.807) is 12.3 Å². The van der Waals surface area contributed by atoms with Crippen LogP contribution in [0.5, 0.6) is 17.2 Å². The summed E-state index contributed by atoms with van der Waals surface area (Å²) in [6, 6.07) is 13.1. The van der Waals surface area contributed by atoms with Crippen molar-refractivity contribution in [1.29, 1.82) is 0 Å². The van der Waals surface area contributed by atoms with Gasteiger partial charge in [-0.2, -0.15) is 0 Å². The van der Waals surface area contributed by atoms with Crippen LogP contribution in [0.1, 0.15) is 46.1 Å². The fourth-order valence-corrected chi connectivity index (χ4v) is 4.75. The number of carbonyl (C=O) groups excluding carboxylic acids is 2. The molecule has 0 saturated heterocycles. The Labute approximate surface area is 184 Å². The van der Waals surface area contributed by atoms with E-state index in [2.05, 4.69) is 15.3 Å². The van der Waals surface area contributed by atoms with Crippen LogP contribution >= 0.6 is 0 Å². The number of benzene rings is 1. The Hall–Kier alpha value is -3.74. The van der Waals surface area contributed by atoms with Crippen molar-refractivity contribution >= 4 is 17.5 Å². The summed E-state index contributed by atoms with van der Waals surface area (Å²) in [5, 5.41) is 2.80. The standard InChI is InChI=1S/C25H21N3O4/c1-13-3-2-4-18(27-13)19(29)12-17-23-16-11-14(5-7-20(16)32-24(17)23)31-21-9-10-26-25-15(21)6-8-22(30)28-25/h2-5,7,9-11,17,23-24H,6,8,12H2,1H3,(H,26,28,30)/t17-,23-,24+/m0/s1. The molecule has 1 fully saturated rings. The van der Waals surface area contributed by atoms with Crippen LogP contribution in [0.15, 0.2) is 48.7 Å². The molecule has 7 nitrogen and oxygen atoms in total. The van der Waals surface area contributed by atoms with Gasteiger partial charge in [-0.15, -0.1) is 0 Å². The van der Waals surface area contributed by atoms with Gasteiger partial charge in [-0.1, -0.05) is 6.07 Å². The van der Waals surface area contributed by atoms with Crippen molar-refractivity contribution in [1.82, 2.24) is 9.97 Å². The maximum absolute atomic E-state index is 12.7. The number of fused-ring (bicyclic) bond motifs is 4. The quantitative estimate of drug-likeness (QED) is 0.614. The Morgan fingerprint density at radius 3 is 3.00 bits per heavy atom. The molecule has 32 heavy (non-hydrogen) atoms. The van der Waals surface area contributed by atoms with Crippen LogP contribution < -0.4 is 14.8 Å². The summed E-state index contributed by atoms with van der Waals surface area (Å²) in [4.78, 5) is 32.9. The zero-order valence-electron chi connectivity index (χ0n) is 17.5. The summed E-state index contributed by atoms with van der Waals surface area (Å²) in [6.45, 7) is 1.89. The number of hydrogen-bond donors (Lipinski definition) is 1. The molecule has 1 N–H and O–H groups in total. The lowest BCUT2D eigenvalue weighted by atomic mass is 10.0. The second-order valence-electron chi connectivity index (χ2n) is 8.55. The minimum Gasteiger partial charge on any atom is -0.489 e. The molecule has 1 amide bonds. The third-order valence-corrected chi connectivity index (χ3v) is 6.40. The van der Waals surface area contributed by atoms with E-state index in [-0.39, 0.29) is 29.6 Å². The average molecular weight is 427 g/mol. The van der Waals surface area contributed by atoms with Crippen LogP contribution in [0, 0.1) is 12.8 Å². The predicted molar refractivity (Wildman–Crippen MR) is 116 cm³/mol. The van der Waals surface area contributed by atoms with Crippen molar-refractivity contribution in [2.24, 2.45) is 5.92 Å². The van der Waals surface area contributed by atoms with Gasteiger partial charge in [-0.3, -0.25) is 14.6 Å². The second kappa shape index (κ2) is 7.15. The van der Waals surface area contributed by atoms with E-state index >= 15 is 0 Å². The first kappa shape index (κ1) is 19.0. The molecule has 0 radical (unpaired) electrons. The summed E-state index contributed by atoms with van der Waals surface area (Å²) < 4.78 is 12.3. The Bertz CT molecular complexity index is 1270. The lowest BCUT2D eigenvalue weighted by Gasteiger charge is -2.19. The van der Waals surface area contributed by atoms with Crippen molar-refractivity contribution in [3.63, 3.8) is 0 Å². The Morgan fingerprint density at radius 1 is 1.22 bits per heavy atom. The zero-order chi connectivity index (χ0) is 21.8. The number of ether oxygens (including phenoxy) is 2. The first-order valence-corrected chi connectivity index (χ1v) is 10.8. The van der Waals surface area contributed by atoms with Gasteiger partial charge in [-0.25, -0.2) is 4.98 Å². The molecule has 1 saturated carbocycles. The maximum Gasteiger partial charge on any atom is 0.225 e. The van der Waals surface area contributed by atoms with Crippen molar-refractivity contribution in [2.75, 3.05) is 5.32 Å². The molecule has 3 aliphatic rings. The maximum atomic E-state index is 12.7. The molecule has 1 aromatic carbocycles. The van der Waals surface area contributed by atoms with Gasteiger partial charge in [0, 0.05) is 47.7 Å². The molecular formula is C25H21N3O4. The molecule has 7 heteroatoms. The number of anilines is 1. The van der Waals surface area contributed by atoms with Gasteiger partial charge in [0.1, 0.15) is 34.9 Å². The SMILES string of the molecule is Cc1cccc(C(=O)C[C@@H]2[C@H]3Oc4ccc(Oc5ccnc6c5CCC(=O)N6)cc4[C@@H]23)n1. The van der Waals surface area contributed by atoms with Crippen LogP contribution in [-0.2, 0) is 11.2 Å². The van der Waals surface area contributed by atoms with E-state index in [1.807, 2.05) is 43.3 Å². The van der Waals surface area contributed by atoms with Crippen LogP contribution in [0.4, 0.5) is 5.82 Å². The number of ketones is 1. The number of pyridine rings is 2. The van der Waals surface area contributed by atoms with Crippen molar-refractivity contribution in [3.8, 4) is 17.2 Å². The molecule has 6 rings (SSSR count). The molecular weight excluding hydrogens is 406 g/mol. The molecule has 4 heterocycles. The van der Waals surface area contributed by atoms with Crippen molar-refractivity contribution < 1.29 is 19.1 Å². The first-order valence-electron chi connectivity index (χ1n) is 10.8. The van der Waals surface area contributed by atoms with Crippen LogP contribution in [-0.4, -0.2) is 27.8 Å². The number of nitrogens with one attached hydrogen (secondary N) is 1. The molecule has 1 aliphatic carbocycles.